The predicted octanol–water partition coefficient (Wildman–Crippen LogP) is 3.92. The molecule has 0 spiro atoms. The van der Waals surface area contributed by atoms with Crippen LogP contribution in [0.15, 0.2) is 53.5 Å². The molecule has 0 atom stereocenters. The Bertz CT molecular complexity index is 1680. The maximum atomic E-state index is 15.4. The van der Waals surface area contributed by atoms with Gasteiger partial charge in [0.05, 0.1) is 34.1 Å². The summed E-state index contributed by atoms with van der Waals surface area (Å²) in [7, 11) is 1.71. The van der Waals surface area contributed by atoms with Crippen molar-refractivity contribution in [1.29, 1.82) is 5.26 Å². The van der Waals surface area contributed by atoms with E-state index < -0.39 is 5.82 Å². The molecule has 0 aliphatic heterocycles. The zero-order chi connectivity index (χ0) is 23.3. The highest BCUT2D eigenvalue weighted by Crippen LogP contribution is 2.39. The van der Waals surface area contributed by atoms with Gasteiger partial charge in [-0.15, -0.1) is 0 Å². The molecule has 0 aliphatic rings. The van der Waals surface area contributed by atoms with Crippen LogP contribution >= 0.6 is 0 Å². The zero-order valence-corrected chi connectivity index (χ0v) is 18.0. The summed E-state index contributed by atoms with van der Waals surface area (Å²) in [4.78, 5) is 12.4. The topological polar surface area (TPSA) is 113 Å². The number of rotatable bonds is 3. The van der Waals surface area contributed by atoms with E-state index in [1.165, 1.54) is 6.07 Å². The summed E-state index contributed by atoms with van der Waals surface area (Å²) in [5, 5.41) is 23.4. The Morgan fingerprint density at radius 2 is 2.00 bits per heavy atom. The lowest BCUT2D eigenvalue weighted by molar-refractivity contribution is 0.629. The van der Waals surface area contributed by atoms with Crippen LogP contribution in [0.25, 0.3) is 43.9 Å². The third kappa shape index (κ3) is 3.10. The predicted molar refractivity (Wildman–Crippen MR) is 125 cm³/mol. The summed E-state index contributed by atoms with van der Waals surface area (Å²) in [6.07, 6.45) is 1.63. The molecule has 2 aromatic heterocycles. The molecule has 33 heavy (non-hydrogen) atoms. The number of nitrogens with zero attached hydrogens (tertiary/aromatic N) is 4. The minimum Gasteiger partial charge on any atom is -0.325 e. The Hall–Kier alpha value is -4.35. The van der Waals surface area contributed by atoms with Crippen molar-refractivity contribution >= 4 is 21.5 Å². The fourth-order valence-corrected chi connectivity index (χ4v) is 4.47. The number of aryl methyl sites for hydroxylation is 2. The van der Waals surface area contributed by atoms with E-state index in [0.717, 1.165) is 11.1 Å². The molecule has 7 nitrogen and oxygen atoms in total. The lowest BCUT2D eigenvalue weighted by atomic mass is 9.92. The monoisotopic (exact) mass is 438 g/mol. The maximum Gasteiger partial charge on any atom is 0.272 e. The van der Waals surface area contributed by atoms with Crippen molar-refractivity contribution < 1.29 is 4.39 Å². The van der Waals surface area contributed by atoms with Gasteiger partial charge in [-0.2, -0.15) is 15.5 Å². The minimum absolute atomic E-state index is 0.147. The number of benzene rings is 3. The van der Waals surface area contributed by atoms with Gasteiger partial charge in [0, 0.05) is 29.9 Å². The number of nitriles is 1. The third-order valence-corrected chi connectivity index (χ3v) is 5.96. The molecule has 2 heterocycles. The van der Waals surface area contributed by atoms with Crippen LogP contribution in [0.2, 0.25) is 0 Å². The summed E-state index contributed by atoms with van der Waals surface area (Å²) in [6.45, 7) is 1.97. The molecule has 5 aromatic rings. The highest BCUT2D eigenvalue weighted by molar-refractivity contribution is 5.98. The van der Waals surface area contributed by atoms with Crippen molar-refractivity contribution in [3.63, 3.8) is 0 Å². The first-order valence-corrected chi connectivity index (χ1v) is 10.3. The van der Waals surface area contributed by atoms with Crippen LogP contribution in [0, 0.1) is 24.1 Å². The number of hydrogen-bond donors (Lipinski definition) is 2. The van der Waals surface area contributed by atoms with E-state index >= 15 is 4.39 Å². The minimum atomic E-state index is -0.506. The molecule has 3 N–H and O–H groups in total. The van der Waals surface area contributed by atoms with Gasteiger partial charge in [-0.3, -0.25) is 9.48 Å². The average Bonchev–Trinajstić information content (AvgIpc) is 3.18. The standard InChI is InChI=1S/C25H19FN6O/c1-13-7-15(8-17-21(11-28)30-31-25(33)22(13)17)19-12-29-32(2)24(19)23-18(10-27)16-6-4-3-5-14(16)9-20(23)26/h3-9,12H,11,28H2,1-2H3,(H,31,33). The van der Waals surface area contributed by atoms with Crippen LogP contribution in [-0.2, 0) is 13.6 Å². The van der Waals surface area contributed by atoms with Crippen molar-refractivity contribution in [2.24, 2.45) is 12.8 Å². The van der Waals surface area contributed by atoms with E-state index in [4.69, 9.17) is 5.73 Å². The van der Waals surface area contributed by atoms with Crippen LogP contribution in [0.1, 0.15) is 16.8 Å². The van der Waals surface area contributed by atoms with Gasteiger partial charge in [0.2, 0.25) is 0 Å². The Balaban J connectivity index is 1.85. The number of aromatic nitrogens is 4. The van der Waals surface area contributed by atoms with Gasteiger partial charge in [-0.25, -0.2) is 9.49 Å². The van der Waals surface area contributed by atoms with Gasteiger partial charge in [0.25, 0.3) is 5.56 Å². The molecule has 162 valence electrons. The second kappa shape index (κ2) is 7.65. The molecule has 0 unspecified atom stereocenters. The van der Waals surface area contributed by atoms with Crippen LogP contribution in [0.5, 0.6) is 0 Å². The molecule has 8 heteroatoms. The Morgan fingerprint density at radius 1 is 1.21 bits per heavy atom. The number of H-pyrrole nitrogens is 1. The van der Waals surface area contributed by atoms with Gasteiger partial charge in [0.15, 0.2) is 0 Å². The van der Waals surface area contributed by atoms with Gasteiger partial charge in [-0.05, 0) is 35.6 Å². The molecule has 0 amide bonds. The average molecular weight is 438 g/mol. The first-order valence-electron chi connectivity index (χ1n) is 10.3. The van der Waals surface area contributed by atoms with Crippen molar-refractivity contribution in [2.75, 3.05) is 0 Å². The second-order valence-corrected chi connectivity index (χ2v) is 7.89. The number of fused-ring (bicyclic) bond motifs is 2. The largest absolute Gasteiger partial charge is 0.325 e. The third-order valence-electron chi connectivity index (χ3n) is 5.96. The molecule has 0 saturated heterocycles. The van der Waals surface area contributed by atoms with Crippen molar-refractivity contribution in [1.82, 2.24) is 20.0 Å². The van der Waals surface area contributed by atoms with Crippen LogP contribution in [0.4, 0.5) is 4.39 Å². The van der Waals surface area contributed by atoms with Crippen molar-refractivity contribution in [2.45, 2.75) is 13.5 Å². The van der Waals surface area contributed by atoms with Gasteiger partial charge >= 0.3 is 0 Å². The van der Waals surface area contributed by atoms with Gasteiger partial charge in [-0.1, -0.05) is 30.3 Å². The summed E-state index contributed by atoms with van der Waals surface area (Å²) in [6, 6.07) is 14.5. The van der Waals surface area contributed by atoms with E-state index in [1.54, 1.807) is 36.1 Å². The molecule has 0 aliphatic carbocycles. The number of nitrogens with two attached hydrogens (primary N) is 1. The number of aromatic amines is 1. The molecule has 0 bridgehead atoms. The summed E-state index contributed by atoms with van der Waals surface area (Å²) >= 11 is 0. The molecular weight excluding hydrogens is 419 g/mol. The summed E-state index contributed by atoms with van der Waals surface area (Å²) in [5.41, 5.74) is 9.10. The van der Waals surface area contributed by atoms with Gasteiger partial charge < -0.3 is 5.73 Å². The highest BCUT2D eigenvalue weighted by Gasteiger charge is 2.23. The number of nitrogens with one attached hydrogen (secondary N) is 1. The zero-order valence-electron chi connectivity index (χ0n) is 18.0. The number of hydrogen-bond acceptors (Lipinski definition) is 5. The van der Waals surface area contributed by atoms with Gasteiger partial charge in [0.1, 0.15) is 11.9 Å². The molecule has 3 aromatic carbocycles. The van der Waals surface area contributed by atoms with Crippen LogP contribution in [0.3, 0.4) is 0 Å². The lowest BCUT2D eigenvalue weighted by Crippen LogP contribution is -2.14. The molecule has 0 saturated carbocycles. The van der Waals surface area contributed by atoms with Crippen LogP contribution in [-0.4, -0.2) is 20.0 Å². The van der Waals surface area contributed by atoms with Crippen molar-refractivity contribution in [3.8, 4) is 28.5 Å². The maximum absolute atomic E-state index is 15.4. The lowest BCUT2D eigenvalue weighted by Gasteiger charge is -2.14. The van der Waals surface area contributed by atoms with Crippen LogP contribution < -0.4 is 11.3 Å². The van der Waals surface area contributed by atoms with Crippen molar-refractivity contribution in [3.05, 3.63) is 81.7 Å². The molecule has 5 rings (SSSR count). The first-order chi connectivity index (χ1) is 15.9. The SMILES string of the molecule is Cc1cc(-c2cnn(C)c2-c2c(F)cc3ccccc3c2C#N)cc2c(CN)n[nH]c(=O)c12. The normalized spacial score (nSPS) is 11.2. The highest BCUT2D eigenvalue weighted by atomic mass is 19.1. The summed E-state index contributed by atoms with van der Waals surface area (Å²) in [5.74, 6) is -0.506. The summed E-state index contributed by atoms with van der Waals surface area (Å²) < 4.78 is 17.0. The fourth-order valence-electron chi connectivity index (χ4n) is 4.47. The van der Waals surface area contributed by atoms with E-state index in [0.29, 0.717) is 38.5 Å². The van der Waals surface area contributed by atoms with E-state index in [1.807, 2.05) is 25.1 Å². The van der Waals surface area contributed by atoms with E-state index in [9.17, 15) is 10.1 Å². The van der Waals surface area contributed by atoms with E-state index in [-0.39, 0.29) is 23.2 Å². The van der Waals surface area contributed by atoms with E-state index in [2.05, 4.69) is 21.4 Å². The molecule has 0 radical (unpaired) electrons. The fraction of sp³-hybridized carbons (Fsp3) is 0.120. The Kier molecular flexibility index (Phi) is 4.77. The number of halogens is 1. The smallest absolute Gasteiger partial charge is 0.272 e. The Labute approximate surface area is 187 Å². The second-order valence-electron chi connectivity index (χ2n) is 7.89. The molecular formula is C25H19FN6O. The first kappa shape index (κ1) is 20.5. The molecule has 0 fully saturated rings. The Morgan fingerprint density at radius 3 is 2.76 bits per heavy atom. The quantitative estimate of drug-likeness (QED) is 0.443.